The number of rotatable bonds is 6. The Morgan fingerprint density at radius 2 is 1.62 bits per heavy atom. The first-order chi connectivity index (χ1) is 20.4. The summed E-state index contributed by atoms with van der Waals surface area (Å²) in [5, 5.41) is 7.73. The number of para-hydroxylation sites is 1. The summed E-state index contributed by atoms with van der Waals surface area (Å²) in [4.78, 5) is 28.8. The number of hydrogen-bond donors (Lipinski definition) is 1. The summed E-state index contributed by atoms with van der Waals surface area (Å²) in [5.74, 6) is -0.186. The molecule has 8 heteroatoms. The average molecular weight is 577 g/mol. The first-order valence-corrected chi connectivity index (χ1v) is 14.7. The number of thioether (sulfide) groups is 1. The van der Waals surface area contributed by atoms with E-state index in [9.17, 15) is 14.0 Å². The fourth-order valence-electron chi connectivity index (χ4n) is 5.23. The first-order valence-electron chi connectivity index (χ1n) is 13.7. The molecule has 0 radical (unpaired) electrons. The van der Waals surface area contributed by atoms with Crippen LogP contribution in [0.15, 0.2) is 103 Å². The molecule has 6 rings (SSSR count). The zero-order valence-electron chi connectivity index (χ0n) is 23.3. The van der Waals surface area contributed by atoms with Gasteiger partial charge in [-0.15, -0.1) is 11.8 Å². The Kier molecular flexibility index (Phi) is 7.63. The zero-order chi connectivity index (χ0) is 29.2. The van der Waals surface area contributed by atoms with Crippen molar-refractivity contribution in [1.29, 1.82) is 0 Å². The molecule has 210 valence electrons. The molecule has 1 unspecified atom stereocenters. The minimum atomic E-state index is -0.333. The highest BCUT2D eigenvalue weighted by molar-refractivity contribution is 8.00. The maximum absolute atomic E-state index is 14.0. The SMILES string of the molecule is Cc1cccc(-n2nc(-c3ccccc3)c3c2N(CC(=O)Nc2ccccc2)C(=O)CSC3c2ccc(F)cc2)c1C. The van der Waals surface area contributed by atoms with Crippen LogP contribution in [0.1, 0.15) is 27.5 Å². The predicted molar refractivity (Wildman–Crippen MR) is 167 cm³/mol. The number of benzene rings is 4. The van der Waals surface area contributed by atoms with E-state index in [0.717, 1.165) is 33.5 Å². The molecular weight excluding hydrogens is 547 g/mol. The number of nitrogens with zero attached hydrogens (tertiary/aromatic N) is 3. The minimum Gasteiger partial charge on any atom is -0.325 e. The average Bonchev–Trinajstić information content (AvgIpc) is 3.32. The standard InChI is InChI=1S/C34H29FN4O2S/c1-22-10-9-15-28(23(22)2)39-34-31(32(37-39)24-11-5-3-6-12-24)33(25-16-18-26(35)19-17-25)42-21-30(41)38(34)20-29(40)36-27-13-7-4-8-14-27/h3-19,33H,20-21H2,1-2H3,(H,36,40). The molecule has 5 aromatic rings. The summed E-state index contributed by atoms with van der Waals surface area (Å²) < 4.78 is 15.8. The molecule has 0 saturated carbocycles. The molecule has 42 heavy (non-hydrogen) atoms. The summed E-state index contributed by atoms with van der Waals surface area (Å²) >= 11 is 1.45. The molecule has 2 amide bonds. The van der Waals surface area contributed by atoms with Crippen LogP contribution in [0.2, 0.25) is 0 Å². The molecule has 0 fully saturated rings. The molecule has 0 bridgehead atoms. The fourth-order valence-corrected chi connectivity index (χ4v) is 6.43. The summed E-state index contributed by atoms with van der Waals surface area (Å²) in [7, 11) is 0. The Balaban J connectivity index is 1.59. The maximum Gasteiger partial charge on any atom is 0.244 e. The van der Waals surface area contributed by atoms with Gasteiger partial charge in [0.05, 0.1) is 22.4 Å². The van der Waals surface area contributed by atoms with Crippen LogP contribution in [0, 0.1) is 19.7 Å². The Hall–Kier alpha value is -4.69. The number of fused-ring (bicyclic) bond motifs is 1. The number of aryl methyl sites for hydroxylation is 1. The van der Waals surface area contributed by atoms with Crippen LogP contribution >= 0.6 is 11.8 Å². The molecule has 6 nitrogen and oxygen atoms in total. The Morgan fingerprint density at radius 3 is 2.33 bits per heavy atom. The lowest BCUT2D eigenvalue weighted by Gasteiger charge is -2.24. The van der Waals surface area contributed by atoms with Crippen molar-refractivity contribution in [3.05, 3.63) is 131 Å². The number of halogens is 1. The molecule has 1 aromatic heterocycles. The van der Waals surface area contributed by atoms with Crippen LogP contribution < -0.4 is 10.2 Å². The van der Waals surface area contributed by atoms with E-state index in [4.69, 9.17) is 5.10 Å². The largest absolute Gasteiger partial charge is 0.325 e. The van der Waals surface area contributed by atoms with Crippen molar-refractivity contribution in [2.75, 3.05) is 22.5 Å². The van der Waals surface area contributed by atoms with E-state index in [-0.39, 0.29) is 35.2 Å². The van der Waals surface area contributed by atoms with Crippen molar-refractivity contribution in [1.82, 2.24) is 9.78 Å². The summed E-state index contributed by atoms with van der Waals surface area (Å²) in [5.41, 5.74) is 6.80. The van der Waals surface area contributed by atoms with E-state index in [1.54, 1.807) is 21.7 Å². The van der Waals surface area contributed by atoms with Gasteiger partial charge in [-0.1, -0.05) is 72.8 Å². The number of aromatic nitrogens is 2. The summed E-state index contributed by atoms with van der Waals surface area (Å²) in [6, 6.07) is 31.3. The van der Waals surface area contributed by atoms with Gasteiger partial charge in [0.2, 0.25) is 11.8 Å². The van der Waals surface area contributed by atoms with Crippen LogP contribution in [-0.4, -0.2) is 33.9 Å². The van der Waals surface area contributed by atoms with Crippen molar-refractivity contribution in [3.63, 3.8) is 0 Å². The smallest absolute Gasteiger partial charge is 0.244 e. The van der Waals surface area contributed by atoms with Crippen molar-refractivity contribution >= 4 is 35.1 Å². The Labute approximate surface area is 248 Å². The number of hydrogen-bond acceptors (Lipinski definition) is 4. The van der Waals surface area contributed by atoms with Gasteiger partial charge in [-0.05, 0) is 60.9 Å². The third-order valence-electron chi connectivity index (χ3n) is 7.47. The maximum atomic E-state index is 14.0. The van der Waals surface area contributed by atoms with Crippen molar-refractivity contribution in [2.45, 2.75) is 19.1 Å². The molecule has 0 aliphatic carbocycles. The van der Waals surface area contributed by atoms with Crippen LogP contribution in [0.5, 0.6) is 0 Å². The lowest BCUT2D eigenvalue weighted by molar-refractivity contribution is -0.120. The van der Waals surface area contributed by atoms with E-state index in [1.807, 2.05) is 92.7 Å². The van der Waals surface area contributed by atoms with Gasteiger partial charge in [-0.3, -0.25) is 14.5 Å². The van der Waals surface area contributed by atoms with E-state index in [2.05, 4.69) is 5.32 Å². The Bertz CT molecular complexity index is 1750. The topological polar surface area (TPSA) is 67.2 Å². The Morgan fingerprint density at radius 1 is 0.929 bits per heavy atom. The highest BCUT2D eigenvalue weighted by atomic mass is 32.2. The van der Waals surface area contributed by atoms with Gasteiger partial charge in [0, 0.05) is 16.8 Å². The highest BCUT2D eigenvalue weighted by Gasteiger charge is 2.38. The van der Waals surface area contributed by atoms with Crippen LogP contribution in [0.25, 0.3) is 16.9 Å². The van der Waals surface area contributed by atoms with Gasteiger partial charge < -0.3 is 5.32 Å². The van der Waals surface area contributed by atoms with E-state index < -0.39 is 0 Å². The quantitative estimate of drug-likeness (QED) is 0.234. The lowest BCUT2D eigenvalue weighted by atomic mass is 9.99. The second kappa shape index (κ2) is 11.7. The molecule has 1 atom stereocenters. The molecule has 1 aliphatic rings. The van der Waals surface area contributed by atoms with Gasteiger partial charge in [0.1, 0.15) is 18.2 Å². The molecule has 0 saturated heterocycles. The van der Waals surface area contributed by atoms with E-state index in [0.29, 0.717) is 17.2 Å². The third-order valence-corrected chi connectivity index (χ3v) is 8.73. The van der Waals surface area contributed by atoms with Crippen LogP contribution in [0.3, 0.4) is 0 Å². The van der Waals surface area contributed by atoms with Gasteiger partial charge in [0.15, 0.2) is 0 Å². The molecule has 2 heterocycles. The van der Waals surface area contributed by atoms with Crippen molar-refractivity contribution in [3.8, 4) is 16.9 Å². The van der Waals surface area contributed by atoms with Crippen LogP contribution in [-0.2, 0) is 9.59 Å². The number of anilines is 2. The molecule has 1 aliphatic heterocycles. The molecule has 1 N–H and O–H groups in total. The minimum absolute atomic E-state index is 0.135. The van der Waals surface area contributed by atoms with E-state index in [1.165, 1.54) is 23.9 Å². The van der Waals surface area contributed by atoms with Gasteiger partial charge in [-0.2, -0.15) is 5.10 Å². The molecule has 0 spiro atoms. The van der Waals surface area contributed by atoms with Crippen molar-refractivity contribution in [2.24, 2.45) is 0 Å². The third kappa shape index (κ3) is 5.33. The second-order valence-electron chi connectivity index (χ2n) is 10.2. The number of nitrogens with one attached hydrogen (secondary N) is 1. The van der Waals surface area contributed by atoms with Gasteiger partial charge in [0.25, 0.3) is 0 Å². The number of carbonyl (C=O) groups excluding carboxylic acids is 2. The predicted octanol–water partition coefficient (Wildman–Crippen LogP) is 7.10. The van der Waals surface area contributed by atoms with Crippen LogP contribution in [0.4, 0.5) is 15.9 Å². The van der Waals surface area contributed by atoms with Crippen molar-refractivity contribution < 1.29 is 14.0 Å². The van der Waals surface area contributed by atoms with Gasteiger partial charge in [-0.25, -0.2) is 9.07 Å². The lowest BCUT2D eigenvalue weighted by Crippen LogP contribution is -2.40. The number of amides is 2. The van der Waals surface area contributed by atoms with Gasteiger partial charge >= 0.3 is 0 Å². The highest BCUT2D eigenvalue weighted by Crippen LogP contribution is 2.48. The number of carbonyl (C=O) groups is 2. The monoisotopic (exact) mass is 576 g/mol. The zero-order valence-corrected chi connectivity index (χ0v) is 24.1. The fraction of sp³-hybridized carbons (Fsp3) is 0.147. The summed E-state index contributed by atoms with van der Waals surface area (Å²) in [6.45, 7) is 3.87. The molecular formula is C34H29FN4O2S. The van der Waals surface area contributed by atoms with E-state index >= 15 is 0 Å². The normalized spacial score (nSPS) is 14.8. The first kappa shape index (κ1) is 27.5. The summed E-state index contributed by atoms with van der Waals surface area (Å²) in [6.07, 6.45) is 0. The second-order valence-corrected chi connectivity index (χ2v) is 11.3. The molecule has 4 aromatic carbocycles.